The Bertz CT molecular complexity index is 1470. The molecule has 0 spiro atoms. The summed E-state index contributed by atoms with van der Waals surface area (Å²) in [5, 5.41) is 0.763. The van der Waals surface area contributed by atoms with E-state index in [9.17, 15) is 9.59 Å². The summed E-state index contributed by atoms with van der Waals surface area (Å²) in [5.41, 5.74) is 2.91. The van der Waals surface area contributed by atoms with Crippen molar-refractivity contribution in [3.05, 3.63) is 117 Å². The molecule has 2 heterocycles. The zero-order valence-corrected chi connectivity index (χ0v) is 19.3. The largest absolute Gasteiger partial charge is 0.490 e. The number of rotatable bonds is 6. The van der Waals surface area contributed by atoms with Crippen LogP contribution in [-0.2, 0) is 6.42 Å². The van der Waals surface area contributed by atoms with Crippen LogP contribution < -0.4 is 15.1 Å². The first-order valence-corrected chi connectivity index (χ1v) is 11.4. The minimum Gasteiger partial charge on any atom is -0.490 e. The van der Waals surface area contributed by atoms with E-state index in [1.807, 2.05) is 48.5 Å². The van der Waals surface area contributed by atoms with Gasteiger partial charge in [-0.15, -0.1) is 0 Å². The number of fused-ring (bicyclic) bond motifs is 2. The van der Waals surface area contributed by atoms with Crippen molar-refractivity contribution in [2.24, 2.45) is 0 Å². The second-order valence-electron chi connectivity index (χ2n) is 8.08. The summed E-state index contributed by atoms with van der Waals surface area (Å²) in [5.74, 6) is 0.296. The van der Waals surface area contributed by atoms with Crippen LogP contribution in [-0.4, -0.2) is 12.5 Å². The molecule has 1 amide bonds. The maximum atomic E-state index is 13.7. The zero-order chi connectivity index (χ0) is 23.8. The van der Waals surface area contributed by atoms with Crippen LogP contribution in [0.4, 0.5) is 5.69 Å². The summed E-state index contributed by atoms with van der Waals surface area (Å²) in [6.07, 6.45) is 2.54. The van der Waals surface area contributed by atoms with E-state index in [0.717, 1.165) is 17.5 Å². The highest BCUT2D eigenvalue weighted by atomic mass is 35.5. The Morgan fingerprint density at radius 3 is 2.62 bits per heavy atom. The lowest BCUT2D eigenvalue weighted by Crippen LogP contribution is -2.29. The first-order valence-electron chi connectivity index (χ1n) is 11.0. The van der Waals surface area contributed by atoms with E-state index >= 15 is 0 Å². The summed E-state index contributed by atoms with van der Waals surface area (Å²) in [7, 11) is 0. The number of nitrogens with zero attached hydrogens (tertiary/aromatic N) is 1. The molecule has 5 nitrogen and oxygen atoms in total. The lowest BCUT2D eigenvalue weighted by Gasteiger charge is -2.25. The Labute approximate surface area is 201 Å². The SMILES string of the molecule is C=CCOc1cccc(C2c3c(oc4ccc(Cl)cc4c3=O)C(=O)N2c2ccc(CC)cc2)c1. The van der Waals surface area contributed by atoms with Crippen LogP contribution in [0.5, 0.6) is 5.75 Å². The normalized spacial score (nSPS) is 14.9. The number of ether oxygens (including phenoxy) is 1. The Hall–Kier alpha value is -3.83. The van der Waals surface area contributed by atoms with Gasteiger partial charge in [-0.3, -0.25) is 14.5 Å². The molecule has 0 bridgehead atoms. The maximum absolute atomic E-state index is 13.7. The predicted octanol–water partition coefficient (Wildman–Crippen LogP) is 6.32. The highest BCUT2D eigenvalue weighted by Gasteiger charge is 2.43. The third-order valence-corrected chi connectivity index (χ3v) is 6.23. The van der Waals surface area contributed by atoms with Crippen LogP contribution >= 0.6 is 11.6 Å². The van der Waals surface area contributed by atoms with E-state index in [1.54, 1.807) is 29.2 Å². The number of anilines is 1. The van der Waals surface area contributed by atoms with Gasteiger partial charge in [0.2, 0.25) is 5.76 Å². The number of hydrogen-bond donors (Lipinski definition) is 0. The van der Waals surface area contributed by atoms with E-state index in [0.29, 0.717) is 39.6 Å². The molecule has 5 rings (SSSR count). The lowest BCUT2D eigenvalue weighted by atomic mass is 9.98. The molecule has 0 saturated heterocycles. The number of carbonyl (C=O) groups excluding carboxylic acids is 1. The second-order valence-corrected chi connectivity index (χ2v) is 8.52. The molecule has 6 heteroatoms. The Morgan fingerprint density at radius 2 is 1.88 bits per heavy atom. The Kier molecular flexibility index (Phi) is 5.72. The minimum absolute atomic E-state index is 0.0433. The van der Waals surface area contributed by atoms with Crippen LogP contribution in [0.25, 0.3) is 11.0 Å². The molecule has 0 fully saturated rings. The van der Waals surface area contributed by atoms with Crippen molar-refractivity contribution in [2.75, 3.05) is 11.5 Å². The quantitative estimate of drug-likeness (QED) is 0.308. The molecular formula is C28H22ClNO4. The monoisotopic (exact) mass is 471 g/mol. The maximum Gasteiger partial charge on any atom is 0.295 e. The molecule has 4 aromatic rings. The zero-order valence-electron chi connectivity index (χ0n) is 18.6. The van der Waals surface area contributed by atoms with Gasteiger partial charge in [0.25, 0.3) is 5.91 Å². The van der Waals surface area contributed by atoms with Crippen LogP contribution in [0.2, 0.25) is 5.02 Å². The van der Waals surface area contributed by atoms with Gasteiger partial charge >= 0.3 is 0 Å². The molecule has 1 aliphatic heterocycles. The molecule has 0 radical (unpaired) electrons. The van der Waals surface area contributed by atoms with Crippen LogP contribution in [0.3, 0.4) is 0 Å². The molecule has 0 saturated carbocycles. The summed E-state index contributed by atoms with van der Waals surface area (Å²) >= 11 is 6.16. The Morgan fingerprint density at radius 1 is 1.09 bits per heavy atom. The summed E-state index contributed by atoms with van der Waals surface area (Å²) < 4.78 is 11.7. The first-order chi connectivity index (χ1) is 16.5. The average molecular weight is 472 g/mol. The number of halogens is 1. The summed E-state index contributed by atoms with van der Waals surface area (Å²) in [6.45, 7) is 6.10. The van der Waals surface area contributed by atoms with Crippen LogP contribution in [0.15, 0.2) is 88.6 Å². The van der Waals surface area contributed by atoms with Crippen molar-refractivity contribution >= 4 is 34.2 Å². The van der Waals surface area contributed by atoms with Crippen LogP contribution in [0.1, 0.15) is 40.2 Å². The van der Waals surface area contributed by atoms with Gasteiger partial charge in [0, 0.05) is 10.7 Å². The third kappa shape index (κ3) is 3.68. The summed E-state index contributed by atoms with van der Waals surface area (Å²) in [6, 6.07) is 19.3. The van der Waals surface area contributed by atoms with E-state index in [4.69, 9.17) is 20.8 Å². The average Bonchev–Trinajstić information content (AvgIpc) is 3.16. The van der Waals surface area contributed by atoms with Gasteiger partial charge in [0.1, 0.15) is 17.9 Å². The van der Waals surface area contributed by atoms with Crippen molar-refractivity contribution in [1.29, 1.82) is 0 Å². The smallest absolute Gasteiger partial charge is 0.295 e. The van der Waals surface area contributed by atoms with Gasteiger partial charge in [-0.1, -0.05) is 55.4 Å². The number of hydrogen-bond acceptors (Lipinski definition) is 4. The molecule has 1 atom stereocenters. The molecule has 34 heavy (non-hydrogen) atoms. The molecule has 3 aromatic carbocycles. The highest BCUT2D eigenvalue weighted by Crippen LogP contribution is 2.42. The molecule has 170 valence electrons. The minimum atomic E-state index is -0.679. The fourth-order valence-electron chi connectivity index (χ4n) is 4.35. The van der Waals surface area contributed by atoms with Gasteiger partial charge < -0.3 is 9.15 Å². The van der Waals surface area contributed by atoms with Crippen molar-refractivity contribution in [1.82, 2.24) is 0 Å². The molecule has 1 unspecified atom stereocenters. The third-order valence-electron chi connectivity index (χ3n) is 6.00. The molecule has 0 aliphatic carbocycles. The number of amides is 1. The second kappa shape index (κ2) is 8.84. The molecule has 0 N–H and O–H groups in total. The van der Waals surface area contributed by atoms with Crippen molar-refractivity contribution in [3.63, 3.8) is 0 Å². The van der Waals surface area contributed by atoms with E-state index in [2.05, 4.69) is 13.5 Å². The Balaban J connectivity index is 1.75. The topological polar surface area (TPSA) is 59.8 Å². The standard InChI is InChI=1S/C28H22ClNO4/c1-3-14-33-21-7-5-6-18(15-21)25-24-26(31)22-16-19(29)10-13-23(22)34-27(24)28(32)30(25)20-11-8-17(4-2)9-12-20/h3,5-13,15-16,25H,1,4,14H2,2H3. The molecular weight excluding hydrogens is 450 g/mol. The van der Waals surface area contributed by atoms with Gasteiger partial charge in [0.05, 0.1) is 17.0 Å². The number of benzene rings is 3. The predicted molar refractivity (Wildman–Crippen MR) is 134 cm³/mol. The highest BCUT2D eigenvalue weighted by molar-refractivity contribution is 6.31. The first kappa shape index (κ1) is 22.0. The van der Waals surface area contributed by atoms with Gasteiger partial charge in [-0.25, -0.2) is 0 Å². The molecule has 1 aliphatic rings. The van der Waals surface area contributed by atoms with E-state index in [1.165, 1.54) is 0 Å². The van der Waals surface area contributed by atoms with Crippen molar-refractivity contribution < 1.29 is 13.9 Å². The number of carbonyl (C=O) groups is 1. The molecule has 1 aromatic heterocycles. The van der Waals surface area contributed by atoms with Crippen molar-refractivity contribution in [2.45, 2.75) is 19.4 Å². The van der Waals surface area contributed by atoms with Gasteiger partial charge in [0.15, 0.2) is 5.43 Å². The van der Waals surface area contributed by atoms with E-state index < -0.39 is 6.04 Å². The number of aryl methyl sites for hydroxylation is 1. The van der Waals surface area contributed by atoms with Gasteiger partial charge in [-0.05, 0) is 60.0 Å². The van der Waals surface area contributed by atoms with Crippen LogP contribution in [0, 0.1) is 0 Å². The van der Waals surface area contributed by atoms with E-state index in [-0.39, 0.29) is 17.1 Å². The van der Waals surface area contributed by atoms with Crippen molar-refractivity contribution in [3.8, 4) is 5.75 Å². The van der Waals surface area contributed by atoms with Gasteiger partial charge in [-0.2, -0.15) is 0 Å². The lowest BCUT2D eigenvalue weighted by molar-refractivity contribution is 0.0971. The fourth-order valence-corrected chi connectivity index (χ4v) is 4.52. The summed E-state index contributed by atoms with van der Waals surface area (Å²) in [4.78, 5) is 29.0. The fraction of sp³-hybridized carbons (Fsp3) is 0.143.